The molecule has 4 nitrogen and oxygen atoms in total. The van der Waals surface area contributed by atoms with Crippen molar-refractivity contribution in [3.8, 4) is 11.4 Å². The highest BCUT2D eigenvalue weighted by Gasteiger charge is 2.17. The molecule has 134 valence electrons. The van der Waals surface area contributed by atoms with E-state index in [0.717, 1.165) is 16.4 Å². The molecule has 0 aliphatic carbocycles. The fourth-order valence-corrected chi connectivity index (χ4v) is 3.62. The summed E-state index contributed by atoms with van der Waals surface area (Å²) in [5.74, 6) is 0.895. The first-order valence-electron chi connectivity index (χ1n) is 8.56. The highest BCUT2D eigenvalue weighted by molar-refractivity contribution is 7.98. The van der Waals surface area contributed by atoms with Gasteiger partial charge in [0.25, 0.3) is 0 Å². The van der Waals surface area contributed by atoms with Crippen LogP contribution in [0.5, 0.6) is 0 Å². The van der Waals surface area contributed by atoms with Crippen LogP contribution >= 0.6 is 11.8 Å². The molecule has 0 amide bonds. The van der Waals surface area contributed by atoms with Crippen molar-refractivity contribution in [1.29, 1.82) is 0 Å². The molecule has 0 saturated carbocycles. The molecule has 27 heavy (non-hydrogen) atoms. The SMILES string of the molecule is Fc1ccccc1-c1nnc(SCc2ccccn2)n1Cc1ccccc1. The van der Waals surface area contributed by atoms with Crippen LogP contribution < -0.4 is 0 Å². The number of nitrogens with zero attached hydrogens (tertiary/aromatic N) is 4. The number of rotatable bonds is 6. The number of pyridine rings is 1. The molecule has 0 aliphatic rings. The Labute approximate surface area is 161 Å². The van der Waals surface area contributed by atoms with Gasteiger partial charge in [0.1, 0.15) is 5.82 Å². The predicted molar refractivity (Wildman–Crippen MR) is 105 cm³/mol. The summed E-state index contributed by atoms with van der Waals surface area (Å²) in [6.07, 6.45) is 1.77. The Morgan fingerprint density at radius 1 is 0.852 bits per heavy atom. The summed E-state index contributed by atoms with van der Waals surface area (Å²) in [4.78, 5) is 4.35. The van der Waals surface area contributed by atoms with Gasteiger partial charge in [-0.3, -0.25) is 9.55 Å². The Morgan fingerprint density at radius 2 is 1.63 bits per heavy atom. The smallest absolute Gasteiger partial charge is 0.192 e. The lowest BCUT2D eigenvalue weighted by Gasteiger charge is -2.11. The van der Waals surface area contributed by atoms with Crippen LogP contribution in [0.25, 0.3) is 11.4 Å². The van der Waals surface area contributed by atoms with Crippen LogP contribution in [-0.4, -0.2) is 19.7 Å². The number of halogens is 1. The summed E-state index contributed by atoms with van der Waals surface area (Å²) >= 11 is 1.55. The van der Waals surface area contributed by atoms with E-state index in [9.17, 15) is 4.39 Å². The number of hydrogen-bond donors (Lipinski definition) is 0. The highest BCUT2D eigenvalue weighted by Crippen LogP contribution is 2.28. The molecular formula is C21H17FN4S. The lowest BCUT2D eigenvalue weighted by Crippen LogP contribution is -2.05. The number of aromatic nitrogens is 4. The second-order valence-electron chi connectivity index (χ2n) is 5.97. The zero-order valence-electron chi connectivity index (χ0n) is 14.5. The maximum Gasteiger partial charge on any atom is 0.192 e. The van der Waals surface area contributed by atoms with Crippen LogP contribution in [0.3, 0.4) is 0 Å². The maximum absolute atomic E-state index is 14.4. The quantitative estimate of drug-likeness (QED) is 0.453. The summed E-state index contributed by atoms with van der Waals surface area (Å²) in [5, 5.41) is 9.35. The first-order valence-corrected chi connectivity index (χ1v) is 9.54. The van der Waals surface area contributed by atoms with Crippen molar-refractivity contribution >= 4 is 11.8 Å². The van der Waals surface area contributed by atoms with Gasteiger partial charge in [0.2, 0.25) is 0 Å². The van der Waals surface area contributed by atoms with E-state index in [1.54, 1.807) is 36.2 Å². The molecule has 0 radical (unpaired) electrons. The third-order valence-corrected chi connectivity index (χ3v) is 5.09. The third-order valence-electron chi connectivity index (χ3n) is 4.09. The van der Waals surface area contributed by atoms with Crippen LogP contribution in [0.2, 0.25) is 0 Å². The summed E-state index contributed by atoms with van der Waals surface area (Å²) in [5.41, 5.74) is 2.52. The molecule has 0 atom stereocenters. The van der Waals surface area contributed by atoms with Gasteiger partial charge in [0, 0.05) is 11.9 Å². The van der Waals surface area contributed by atoms with E-state index in [-0.39, 0.29) is 5.82 Å². The number of hydrogen-bond acceptors (Lipinski definition) is 4. The molecule has 0 spiro atoms. The molecular weight excluding hydrogens is 359 g/mol. The molecule has 0 bridgehead atoms. The van der Waals surface area contributed by atoms with Gasteiger partial charge >= 0.3 is 0 Å². The summed E-state index contributed by atoms with van der Waals surface area (Å²) < 4.78 is 16.3. The topological polar surface area (TPSA) is 43.6 Å². The molecule has 0 fully saturated rings. The van der Waals surface area contributed by atoms with E-state index in [2.05, 4.69) is 15.2 Å². The molecule has 4 rings (SSSR count). The number of thioether (sulfide) groups is 1. The van der Waals surface area contributed by atoms with Crippen LogP contribution in [0.1, 0.15) is 11.3 Å². The van der Waals surface area contributed by atoms with Gasteiger partial charge in [-0.05, 0) is 29.8 Å². The zero-order chi connectivity index (χ0) is 18.5. The van der Waals surface area contributed by atoms with Crippen molar-refractivity contribution in [2.75, 3.05) is 0 Å². The average Bonchev–Trinajstić information content (AvgIpc) is 3.10. The lowest BCUT2D eigenvalue weighted by atomic mass is 10.2. The fraction of sp³-hybridized carbons (Fsp3) is 0.0952. The van der Waals surface area contributed by atoms with Gasteiger partial charge < -0.3 is 0 Å². The van der Waals surface area contributed by atoms with Gasteiger partial charge in [-0.2, -0.15) is 0 Å². The van der Waals surface area contributed by atoms with Gasteiger partial charge in [-0.15, -0.1) is 10.2 Å². The first-order chi connectivity index (χ1) is 13.3. The Kier molecular flexibility index (Phi) is 5.25. The van der Waals surface area contributed by atoms with Crippen LogP contribution in [-0.2, 0) is 12.3 Å². The van der Waals surface area contributed by atoms with Crippen molar-refractivity contribution in [2.24, 2.45) is 0 Å². The molecule has 0 aliphatic heterocycles. The standard InChI is InChI=1S/C21H17FN4S/c22-19-12-5-4-11-18(19)20-24-25-21(27-15-17-10-6-7-13-23-17)26(20)14-16-8-2-1-3-9-16/h1-13H,14-15H2. The second kappa shape index (κ2) is 8.14. The largest absolute Gasteiger partial charge is 0.297 e. The Bertz CT molecular complexity index is 1020. The Hall–Kier alpha value is -2.99. The third kappa shape index (κ3) is 4.06. The van der Waals surface area contributed by atoms with Crippen LogP contribution in [0.4, 0.5) is 4.39 Å². The van der Waals surface area contributed by atoms with Crippen molar-refractivity contribution < 1.29 is 4.39 Å². The number of benzene rings is 2. The van der Waals surface area contributed by atoms with Gasteiger partial charge in [-0.1, -0.05) is 60.3 Å². The molecule has 6 heteroatoms. The minimum absolute atomic E-state index is 0.305. The first kappa shape index (κ1) is 17.4. The van der Waals surface area contributed by atoms with E-state index < -0.39 is 0 Å². The minimum Gasteiger partial charge on any atom is -0.297 e. The molecule has 2 aromatic heterocycles. The molecule has 4 aromatic rings. The van der Waals surface area contributed by atoms with Crippen molar-refractivity contribution in [3.63, 3.8) is 0 Å². The van der Waals surface area contributed by atoms with Crippen molar-refractivity contribution in [3.05, 3.63) is 96.1 Å². The minimum atomic E-state index is -0.305. The second-order valence-corrected chi connectivity index (χ2v) is 6.91. The average molecular weight is 376 g/mol. The fourth-order valence-electron chi connectivity index (χ4n) is 2.77. The van der Waals surface area contributed by atoms with Crippen molar-refractivity contribution in [2.45, 2.75) is 17.5 Å². The molecule has 0 unspecified atom stereocenters. The molecule has 0 N–H and O–H groups in total. The summed E-state index contributed by atoms with van der Waals surface area (Å²) in [6, 6.07) is 22.5. The summed E-state index contributed by atoms with van der Waals surface area (Å²) in [7, 11) is 0. The zero-order valence-corrected chi connectivity index (χ0v) is 15.3. The Balaban J connectivity index is 1.69. The monoisotopic (exact) mass is 376 g/mol. The van der Waals surface area contributed by atoms with Gasteiger partial charge in [0.05, 0.1) is 17.8 Å². The van der Waals surface area contributed by atoms with Gasteiger partial charge in [0.15, 0.2) is 11.0 Å². The van der Waals surface area contributed by atoms with Crippen LogP contribution in [0.15, 0.2) is 84.1 Å². The Morgan fingerprint density at radius 3 is 2.41 bits per heavy atom. The van der Waals surface area contributed by atoms with E-state index in [1.807, 2.05) is 53.1 Å². The molecule has 2 aromatic carbocycles. The van der Waals surface area contributed by atoms with Crippen LogP contribution in [0, 0.1) is 5.82 Å². The molecule has 0 saturated heterocycles. The predicted octanol–water partition coefficient (Wildman–Crippen LogP) is 4.82. The lowest BCUT2D eigenvalue weighted by molar-refractivity contribution is 0.626. The van der Waals surface area contributed by atoms with Crippen molar-refractivity contribution in [1.82, 2.24) is 19.7 Å². The normalized spacial score (nSPS) is 10.9. The van der Waals surface area contributed by atoms with E-state index in [1.165, 1.54) is 6.07 Å². The highest BCUT2D eigenvalue weighted by atomic mass is 32.2. The summed E-state index contributed by atoms with van der Waals surface area (Å²) in [6.45, 7) is 0.571. The van der Waals surface area contributed by atoms with E-state index in [0.29, 0.717) is 23.7 Å². The van der Waals surface area contributed by atoms with E-state index in [4.69, 9.17) is 0 Å². The molecule has 2 heterocycles. The van der Waals surface area contributed by atoms with Gasteiger partial charge in [-0.25, -0.2) is 4.39 Å². The maximum atomic E-state index is 14.4. The van der Waals surface area contributed by atoms with E-state index >= 15 is 0 Å².